The lowest BCUT2D eigenvalue weighted by molar-refractivity contribution is 0.138. The number of piperidine rings is 1. The van der Waals surface area contributed by atoms with Gasteiger partial charge in [-0.2, -0.15) is 0 Å². The zero-order valence-corrected chi connectivity index (χ0v) is 14.3. The fourth-order valence-corrected chi connectivity index (χ4v) is 3.55. The SMILES string of the molecule is Cl.Cl.NC1[C@@H]2CC[C@H]1CN(CCCOc1ccc(F)cc1)C2. The van der Waals surface area contributed by atoms with Gasteiger partial charge < -0.3 is 15.4 Å². The lowest BCUT2D eigenvalue weighted by Gasteiger charge is -2.36. The summed E-state index contributed by atoms with van der Waals surface area (Å²) < 4.78 is 18.4. The predicted molar refractivity (Wildman–Crippen MR) is 91.6 cm³/mol. The number of rotatable bonds is 5. The Kier molecular flexibility index (Phi) is 7.90. The summed E-state index contributed by atoms with van der Waals surface area (Å²) in [7, 11) is 0. The van der Waals surface area contributed by atoms with Gasteiger partial charge in [0.15, 0.2) is 0 Å². The molecule has 22 heavy (non-hydrogen) atoms. The molecule has 3 nitrogen and oxygen atoms in total. The molecule has 126 valence electrons. The monoisotopic (exact) mass is 350 g/mol. The zero-order valence-electron chi connectivity index (χ0n) is 12.6. The normalized spacial score (nSPS) is 26.9. The lowest BCUT2D eigenvalue weighted by atomic mass is 9.93. The van der Waals surface area contributed by atoms with E-state index in [1.165, 1.54) is 25.0 Å². The number of ether oxygens (including phenoxy) is 1. The van der Waals surface area contributed by atoms with Gasteiger partial charge in [0, 0.05) is 25.7 Å². The second-order valence-electron chi connectivity index (χ2n) is 6.09. The number of halogens is 3. The van der Waals surface area contributed by atoms with Crippen molar-refractivity contribution in [3.8, 4) is 5.75 Å². The molecule has 2 bridgehead atoms. The van der Waals surface area contributed by atoms with Gasteiger partial charge in [0.25, 0.3) is 0 Å². The van der Waals surface area contributed by atoms with Crippen LogP contribution in [0.15, 0.2) is 24.3 Å². The standard InChI is InChI=1S/C16H23FN2O.2ClH/c17-14-4-6-15(7-5-14)20-9-1-8-19-10-12-2-3-13(11-19)16(12)18;;/h4-7,12-13,16H,1-3,8-11,18H2;2*1H/t12-,13+,16?;;. The minimum absolute atomic E-state index is 0. The summed E-state index contributed by atoms with van der Waals surface area (Å²) in [5, 5.41) is 0. The molecule has 1 aromatic carbocycles. The Morgan fingerprint density at radius 3 is 2.27 bits per heavy atom. The Balaban J connectivity index is 0.00000121. The van der Waals surface area contributed by atoms with Crippen molar-refractivity contribution < 1.29 is 9.13 Å². The number of fused-ring (bicyclic) bond motifs is 2. The van der Waals surface area contributed by atoms with Gasteiger partial charge in [0.2, 0.25) is 0 Å². The fraction of sp³-hybridized carbons (Fsp3) is 0.625. The average Bonchev–Trinajstić information content (AvgIpc) is 2.67. The van der Waals surface area contributed by atoms with Crippen molar-refractivity contribution in [2.45, 2.75) is 25.3 Å². The second-order valence-corrected chi connectivity index (χ2v) is 6.09. The first kappa shape index (κ1) is 19.5. The van der Waals surface area contributed by atoms with Crippen LogP contribution < -0.4 is 10.5 Å². The number of hydrogen-bond acceptors (Lipinski definition) is 3. The van der Waals surface area contributed by atoms with E-state index in [0.29, 0.717) is 24.5 Å². The maximum absolute atomic E-state index is 12.8. The molecule has 1 aliphatic carbocycles. The third kappa shape index (κ3) is 4.72. The lowest BCUT2D eigenvalue weighted by Crippen LogP contribution is -2.49. The van der Waals surface area contributed by atoms with Gasteiger partial charge in [-0.25, -0.2) is 4.39 Å². The highest BCUT2D eigenvalue weighted by molar-refractivity contribution is 5.85. The van der Waals surface area contributed by atoms with Crippen molar-refractivity contribution in [2.24, 2.45) is 17.6 Å². The molecule has 0 amide bonds. The first-order valence-electron chi connectivity index (χ1n) is 7.58. The van der Waals surface area contributed by atoms with E-state index in [2.05, 4.69) is 4.90 Å². The van der Waals surface area contributed by atoms with Crippen molar-refractivity contribution in [1.29, 1.82) is 0 Å². The summed E-state index contributed by atoms with van der Waals surface area (Å²) in [5.74, 6) is 1.92. The number of nitrogens with zero attached hydrogens (tertiary/aromatic N) is 1. The van der Waals surface area contributed by atoms with Crippen molar-refractivity contribution in [3.63, 3.8) is 0 Å². The van der Waals surface area contributed by atoms with Crippen molar-refractivity contribution in [3.05, 3.63) is 30.1 Å². The molecule has 1 unspecified atom stereocenters. The molecule has 1 heterocycles. The minimum Gasteiger partial charge on any atom is -0.494 e. The maximum atomic E-state index is 12.8. The summed E-state index contributed by atoms with van der Waals surface area (Å²) in [6, 6.07) is 6.64. The molecule has 2 N–H and O–H groups in total. The smallest absolute Gasteiger partial charge is 0.123 e. The van der Waals surface area contributed by atoms with Gasteiger partial charge in [-0.1, -0.05) is 0 Å². The first-order chi connectivity index (χ1) is 9.72. The van der Waals surface area contributed by atoms with Crippen LogP contribution in [0.3, 0.4) is 0 Å². The number of likely N-dealkylation sites (tertiary alicyclic amines) is 1. The maximum Gasteiger partial charge on any atom is 0.123 e. The molecular weight excluding hydrogens is 326 g/mol. The molecule has 1 saturated heterocycles. The summed E-state index contributed by atoms with van der Waals surface area (Å²) in [4.78, 5) is 2.53. The molecule has 6 heteroatoms. The van der Waals surface area contributed by atoms with E-state index in [-0.39, 0.29) is 30.6 Å². The molecule has 1 saturated carbocycles. The molecule has 2 fully saturated rings. The fourth-order valence-electron chi connectivity index (χ4n) is 3.55. The van der Waals surface area contributed by atoms with Gasteiger partial charge >= 0.3 is 0 Å². The predicted octanol–water partition coefficient (Wildman–Crippen LogP) is 3.11. The number of hydrogen-bond donors (Lipinski definition) is 1. The molecule has 3 rings (SSSR count). The van der Waals surface area contributed by atoms with Gasteiger partial charge in [0.05, 0.1) is 6.61 Å². The first-order valence-corrected chi connectivity index (χ1v) is 7.58. The van der Waals surface area contributed by atoms with E-state index in [0.717, 1.165) is 31.8 Å². The van der Waals surface area contributed by atoms with Crippen molar-refractivity contribution >= 4 is 24.8 Å². The van der Waals surface area contributed by atoms with E-state index in [1.807, 2.05) is 0 Å². The van der Waals surface area contributed by atoms with Gasteiger partial charge in [0.1, 0.15) is 11.6 Å². The number of nitrogens with two attached hydrogens (primary N) is 1. The van der Waals surface area contributed by atoms with Crippen LogP contribution in [0.4, 0.5) is 4.39 Å². The molecule has 0 spiro atoms. The number of benzene rings is 1. The van der Waals surface area contributed by atoms with E-state index in [4.69, 9.17) is 10.5 Å². The molecule has 0 aromatic heterocycles. The third-order valence-electron chi connectivity index (χ3n) is 4.68. The Labute approximate surface area is 144 Å². The molecule has 1 aromatic rings. The topological polar surface area (TPSA) is 38.5 Å². The second kappa shape index (κ2) is 8.92. The highest BCUT2D eigenvalue weighted by atomic mass is 35.5. The summed E-state index contributed by atoms with van der Waals surface area (Å²) in [6.07, 6.45) is 3.61. The van der Waals surface area contributed by atoms with E-state index >= 15 is 0 Å². The van der Waals surface area contributed by atoms with Crippen LogP contribution in [0.2, 0.25) is 0 Å². The highest BCUT2D eigenvalue weighted by Gasteiger charge is 2.39. The Morgan fingerprint density at radius 2 is 1.68 bits per heavy atom. The summed E-state index contributed by atoms with van der Waals surface area (Å²) in [6.45, 7) is 4.05. The summed E-state index contributed by atoms with van der Waals surface area (Å²) >= 11 is 0. The van der Waals surface area contributed by atoms with E-state index in [1.54, 1.807) is 12.1 Å². The highest BCUT2D eigenvalue weighted by Crippen LogP contribution is 2.35. The van der Waals surface area contributed by atoms with Crippen LogP contribution in [-0.2, 0) is 0 Å². The van der Waals surface area contributed by atoms with Gasteiger partial charge in [-0.3, -0.25) is 0 Å². The van der Waals surface area contributed by atoms with Crippen molar-refractivity contribution in [1.82, 2.24) is 4.90 Å². The molecule has 3 atom stereocenters. The Morgan fingerprint density at radius 1 is 1.09 bits per heavy atom. The largest absolute Gasteiger partial charge is 0.494 e. The molecule has 2 aliphatic rings. The zero-order chi connectivity index (χ0) is 13.9. The van der Waals surface area contributed by atoms with Crippen LogP contribution in [-0.4, -0.2) is 37.2 Å². The average molecular weight is 351 g/mol. The van der Waals surface area contributed by atoms with E-state index < -0.39 is 0 Å². The molecule has 1 aliphatic heterocycles. The van der Waals surface area contributed by atoms with Crippen LogP contribution in [0.5, 0.6) is 5.75 Å². The van der Waals surface area contributed by atoms with Crippen LogP contribution >= 0.6 is 24.8 Å². The Hall–Kier alpha value is -0.550. The Bertz CT molecular complexity index is 432. The third-order valence-corrected chi connectivity index (χ3v) is 4.68. The molecule has 0 radical (unpaired) electrons. The van der Waals surface area contributed by atoms with Crippen LogP contribution in [0.25, 0.3) is 0 Å². The molecular formula is C16H25Cl2FN2O. The van der Waals surface area contributed by atoms with Gasteiger partial charge in [-0.15, -0.1) is 24.8 Å². The van der Waals surface area contributed by atoms with Crippen molar-refractivity contribution in [2.75, 3.05) is 26.2 Å². The van der Waals surface area contributed by atoms with Crippen LogP contribution in [0, 0.1) is 17.7 Å². The van der Waals surface area contributed by atoms with E-state index in [9.17, 15) is 4.39 Å². The minimum atomic E-state index is -0.225. The summed E-state index contributed by atoms with van der Waals surface area (Å²) in [5.41, 5.74) is 6.21. The quantitative estimate of drug-likeness (QED) is 0.829. The van der Waals surface area contributed by atoms with Crippen LogP contribution in [0.1, 0.15) is 19.3 Å². The van der Waals surface area contributed by atoms with Gasteiger partial charge in [-0.05, 0) is 55.4 Å².